The first-order chi connectivity index (χ1) is 10.3. The summed E-state index contributed by atoms with van der Waals surface area (Å²) in [4.78, 5) is 12.6. The molecule has 3 rings (SSSR count). The maximum atomic E-state index is 11.9. The zero-order valence-electron chi connectivity index (χ0n) is 11.8. The number of nitrogens with zero attached hydrogens (tertiary/aromatic N) is 1. The van der Waals surface area contributed by atoms with Gasteiger partial charge in [-0.05, 0) is 54.5 Å². The minimum atomic E-state index is -0.155. The van der Waals surface area contributed by atoms with Crippen LogP contribution < -0.4 is 10.2 Å². The van der Waals surface area contributed by atoms with Gasteiger partial charge in [-0.2, -0.15) is 5.10 Å². The summed E-state index contributed by atoms with van der Waals surface area (Å²) >= 11 is 1.41. The molecule has 1 heterocycles. The quantitative estimate of drug-likeness (QED) is 0.885. The molecule has 1 aromatic heterocycles. The van der Waals surface area contributed by atoms with Gasteiger partial charge in [0.05, 0.1) is 17.7 Å². The van der Waals surface area contributed by atoms with E-state index in [1.807, 2.05) is 29.6 Å². The first-order valence-electron chi connectivity index (χ1n) is 6.85. The summed E-state index contributed by atoms with van der Waals surface area (Å²) in [6.07, 6.45) is 2.93. The number of benzene rings is 1. The van der Waals surface area contributed by atoms with Crippen LogP contribution in [-0.2, 0) is 6.42 Å². The van der Waals surface area contributed by atoms with Crippen LogP contribution in [0.1, 0.15) is 33.6 Å². The average Bonchev–Trinajstić information content (AvgIpc) is 3.06. The number of hydrogen-bond acceptors (Lipinski definition) is 4. The highest BCUT2D eigenvalue weighted by Gasteiger charge is 2.17. The number of amides is 1. The second-order valence-electron chi connectivity index (χ2n) is 4.85. The molecular formula is C16H16N2O2S. The Morgan fingerprint density at radius 3 is 3.00 bits per heavy atom. The molecule has 108 valence electrons. The van der Waals surface area contributed by atoms with E-state index in [1.54, 1.807) is 13.2 Å². The van der Waals surface area contributed by atoms with Crippen molar-refractivity contribution in [3.8, 4) is 5.75 Å². The lowest BCUT2D eigenvalue weighted by Crippen LogP contribution is -2.21. The largest absolute Gasteiger partial charge is 0.497 e. The summed E-state index contributed by atoms with van der Waals surface area (Å²) in [7, 11) is 1.67. The van der Waals surface area contributed by atoms with Gasteiger partial charge in [-0.1, -0.05) is 6.07 Å². The molecule has 0 spiro atoms. The van der Waals surface area contributed by atoms with Crippen molar-refractivity contribution in [2.75, 3.05) is 7.11 Å². The highest BCUT2D eigenvalue weighted by molar-refractivity contribution is 7.12. The number of methoxy groups -OCH3 is 1. The fourth-order valence-corrected chi connectivity index (χ4v) is 3.08. The van der Waals surface area contributed by atoms with Gasteiger partial charge in [0.1, 0.15) is 5.75 Å². The molecule has 0 aliphatic heterocycles. The van der Waals surface area contributed by atoms with Gasteiger partial charge in [-0.25, -0.2) is 5.43 Å². The van der Waals surface area contributed by atoms with Gasteiger partial charge in [0.2, 0.25) is 0 Å². The molecule has 0 fully saturated rings. The molecule has 4 nitrogen and oxygen atoms in total. The topological polar surface area (TPSA) is 50.7 Å². The summed E-state index contributed by atoms with van der Waals surface area (Å²) in [5, 5.41) is 6.20. The van der Waals surface area contributed by atoms with Gasteiger partial charge in [0, 0.05) is 5.56 Å². The van der Waals surface area contributed by atoms with Crippen molar-refractivity contribution in [3.05, 3.63) is 51.7 Å². The molecule has 1 aromatic carbocycles. The van der Waals surface area contributed by atoms with Crippen molar-refractivity contribution in [3.63, 3.8) is 0 Å². The summed E-state index contributed by atoms with van der Waals surface area (Å²) in [5.74, 6) is 0.704. The highest BCUT2D eigenvalue weighted by atomic mass is 32.1. The highest BCUT2D eigenvalue weighted by Crippen LogP contribution is 2.25. The smallest absolute Gasteiger partial charge is 0.281 e. The van der Waals surface area contributed by atoms with E-state index in [1.165, 1.54) is 16.9 Å². The molecule has 0 saturated heterocycles. The molecule has 1 amide bonds. The third kappa shape index (κ3) is 2.97. The van der Waals surface area contributed by atoms with Crippen LogP contribution in [0.25, 0.3) is 0 Å². The summed E-state index contributed by atoms with van der Waals surface area (Å²) in [6.45, 7) is 0. The Balaban J connectivity index is 1.81. The van der Waals surface area contributed by atoms with Gasteiger partial charge >= 0.3 is 0 Å². The normalized spacial score (nSPS) is 15.6. The van der Waals surface area contributed by atoms with Gasteiger partial charge in [-0.3, -0.25) is 4.79 Å². The van der Waals surface area contributed by atoms with E-state index >= 15 is 0 Å². The lowest BCUT2D eigenvalue weighted by Gasteiger charge is -2.18. The fourth-order valence-electron chi connectivity index (χ4n) is 2.46. The molecule has 0 unspecified atom stereocenters. The zero-order chi connectivity index (χ0) is 14.7. The summed E-state index contributed by atoms with van der Waals surface area (Å²) in [6, 6.07) is 9.64. The lowest BCUT2D eigenvalue weighted by atomic mass is 9.90. The van der Waals surface area contributed by atoms with E-state index in [2.05, 4.69) is 10.5 Å². The van der Waals surface area contributed by atoms with Crippen LogP contribution in [-0.4, -0.2) is 18.7 Å². The van der Waals surface area contributed by atoms with Crippen molar-refractivity contribution in [2.45, 2.75) is 19.3 Å². The summed E-state index contributed by atoms with van der Waals surface area (Å²) < 4.78 is 5.25. The van der Waals surface area contributed by atoms with Crippen molar-refractivity contribution >= 4 is 23.0 Å². The fraction of sp³-hybridized carbons (Fsp3) is 0.250. The minimum absolute atomic E-state index is 0.155. The predicted molar refractivity (Wildman–Crippen MR) is 84.3 cm³/mol. The molecule has 2 aromatic rings. The van der Waals surface area contributed by atoms with Crippen LogP contribution in [0.15, 0.2) is 40.8 Å². The number of carbonyl (C=O) groups is 1. The first kappa shape index (κ1) is 13.8. The third-order valence-electron chi connectivity index (χ3n) is 3.52. The molecule has 0 atom stereocenters. The maximum absolute atomic E-state index is 11.9. The van der Waals surface area contributed by atoms with E-state index < -0.39 is 0 Å². The van der Waals surface area contributed by atoms with Gasteiger partial charge < -0.3 is 4.74 Å². The van der Waals surface area contributed by atoms with Crippen molar-refractivity contribution in [1.82, 2.24) is 5.43 Å². The third-order valence-corrected chi connectivity index (χ3v) is 4.39. The number of thiophene rings is 1. The Bertz CT molecular complexity index is 678. The van der Waals surface area contributed by atoms with Crippen molar-refractivity contribution < 1.29 is 9.53 Å². The van der Waals surface area contributed by atoms with Crippen LogP contribution >= 0.6 is 11.3 Å². The van der Waals surface area contributed by atoms with Crippen molar-refractivity contribution in [2.24, 2.45) is 5.10 Å². The van der Waals surface area contributed by atoms with E-state index in [0.29, 0.717) is 4.88 Å². The Kier molecular flexibility index (Phi) is 4.01. The van der Waals surface area contributed by atoms with E-state index in [4.69, 9.17) is 4.74 Å². The number of hydrogen-bond donors (Lipinski definition) is 1. The Morgan fingerprint density at radius 1 is 1.33 bits per heavy atom. The molecule has 1 N–H and O–H groups in total. The molecule has 5 heteroatoms. The van der Waals surface area contributed by atoms with Crippen LogP contribution in [0.4, 0.5) is 0 Å². The number of carbonyl (C=O) groups excluding carboxylic acids is 1. The Labute approximate surface area is 127 Å². The van der Waals surface area contributed by atoms with E-state index in [0.717, 1.165) is 36.3 Å². The molecule has 0 radical (unpaired) electrons. The molecule has 21 heavy (non-hydrogen) atoms. The van der Waals surface area contributed by atoms with Crippen molar-refractivity contribution in [1.29, 1.82) is 0 Å². The van der Waals surface area contributed by atoms with Crippen LogP contribution in [0.2, 0.25) is 0 Å². The number of rotatable bonds is 3. The van der Waals surface area contributed by atoms with E-state index in [9.17, 15) is 4.79 Å². The second-order valence-corrected chi connectivity index (χ2v) is 5.80. The molecule has 0 bridgehead atoms. The number of nitrogens with one attached hydrogen (secondary N) is 1. The number of hydrazone groups is 1. The molecule has 1 aliphatic carbocycles. The Morgan fingerprint density at radius 2 is 2.24 bits per heavy atom. The Hall–Kier alpha value is -2.14. The number of aryl methyl sites for hydroxylation is 1. The van der Waals surface area contributed by atoms with E-state index in [-0.39, 0.29) is 5.91 Å². The molecular weight excluding hydrogens is 284 g/mol. The van der Waals surface area contributed by atoms with Crippen LogP contribution in [0.5, 0.6) is 5.75 Å². The first-order valence-corrected chi connectivity index (χ1v) is 7.73. The molecule has 0 saturated carbocycles. The van der Waals surface area contributed by atoms with Crippen LogP contribution in [0.3, 0.4) is 0 Å². The minimum Gasteiger partial charge on any atom is -0.497 e. The van der Waals surface area contributed by atoms with Gasteiger partial charge in [0.25, 0.3) is 5.91 Å². The summed E-state index contributed by atoms with van der Waals surface area (Å²) in [5.41, 5.74) is 5.92. The van der Waals surface area contributed by atoms with Gasteiger partial charge in [-0.15, -0.1) is 11.3 Å². The monoisotopic (exact) mass is 300 g/mol. The van der Waals surface area contributed by atoms with Gasteiger partial charge in [0.15, 0.2) is 0 Å². The van der Waals surface area contributed by atoms with Crippen LogP contribution in [0, 0.1) is 0 Å². The lowest BCUT2D eigenvalue weighted by molar-refractivity contribution is 0.0959. The number of ether oxygens (including phenoxy) is 1. The predicted octanol–water partition coefficient (Wildman–Crippen LogP) is 3.23. The second kappa shape index (κ2) is 6.10. The zero-order valence-corrected chi connectivity index (χ0v) is 12.6. The number of fused-ring (bicyclic) bond motifs is 1. The standard InChI is InChI=1S/C16H16N2O2S/c1-20-12-7-8-13-11(10-12)4-2-5-14(13)17-18-16(19)15-6-3-9-21-15/h3,6-10H,2,4-5H2,1H3,(H,18,19)/b17-14-. The average molecular weight is 300 g/mol. The SMILES string of the molecule is COc1ccc2c(c1)CCC/C2=N/NC(=O)c1cccs1. The molecule has 1 aliphatic rings. The maximum Gasteiger partial charge on any atom is 0.281 e.